The van der Waals surface area contributed by atoms with E-state index in [4.69, 9.17) is 9.26 Å². The molecule has 0 spiro atoms. The zero-order valence-corrected chi connectivity index (χ0v) is 20.2. The summed E-state index contributed by atoms with van der Waals surface area (Å²) in [6.07, 6.45) is 0.501. The molecule has 0 radical (unpaired) electrons. The number of para-hydroxylation sites is 1. The van der Waals surface area contributed by atoms with Gasteiger partial charge in [-0.3, -0.25) is 9.59 Å². The lowest BCUT2D eigenvalue weighted by molar-refractivity contribution is -0.705. The number of aromatic nitrogens is 2. The van der Waals surface area contributed by atoms with Gasteiger partial charge in [-0.2, -0.15) is 0 Å². The number of nitrogens with zero attached hydrogens (tertiary/aromatic N) is 3. The van der Waals surface area contributed by atoms with Crippen LogP contribution in [0.4, 0.5) is 5.00 Å². The molecule has 0 saturated carbocycles. The Bertz CT molecular complexity index is 1220. The minimum atomic E-state index is -0.648. The number of nitrogens with one attached hydrogen (secondary N) is 1. The number of hydrogen-bond acceptors (Lipinski definition) is 9. The van der Waals surface area contributed by atoms with Gasteiger partial charge in [0.15, 0.2) is 5.95 Å². The molecular weight excluding hydrogens is 480 g/mol. The van der Waals surface area contributed by atoms with Crippen molar-refractivity contribution in [3.05, 3.63) is 46.3 Å². The number of ether oxygens (including phenoxy) is 1. The van der Waals surface area contributed by atoms with E-state index in [0.29, 0.717) is 35.8 Å². The van der Waals surface area contributed by atoms with Crippen molar-refractivity contribution in [2.75, 3.05) is 24.2 Å². The van der Waals surface area contributed by atoms with Crippen molar-refractivity contribution in [1.29, 1.82) is 0 Å². The van der Waals surface area contributed by atoms with E-state index in [1.165, 1.54) is 22.9 Å². The highest BCUT2D eigenvalue weighted by atomic mass is 32.2. The van der Waals surface area contributed by atoms with E-state index in [1.54, 1.807) is 36.1 Å². The molecule has 0 unspecified atom stereocenters. The van der Waals surface area contributed by atoms with E-state index < -0.39 is 17.8 Å². The van der Waals surface area contributed by atoms with Gasteiger partial charge in [0.05, 0.1) is 29.7 Å². The summed E-state index contributed by atoms with van der Waals surface area (Å²) in [4.78, 5) is 39.8. The van der Waals surface area contributed by atoms with Crippen molar-refractivity contribution >= 4 is 45.9 Å². The summed E-state index contributed by atoms with van der Waals surface area (Å²) in [5.41, 5.74) is 1.76. The lowest BCUT2D eigenvalue weighted by atomic mass is 10.0. The minimum absolute atomic E-state index is 0.0485. The number of carbonyl (C=O) groups excluding carboxylic acids is 3. The third-order valence-electron chi connectivity index (χ3n) is 5.15. The number of fused-ring (bicyclic) bond motifs is 1. The van der Waals surface area contributed by atoms with Crippen LogP contribution in [0.15, 0.2) is 39.9 Å². The summed E-state index contributed by atoms with van der Waals surface area (Å²) in [5, 5.41) is 19.2. The maximum atomic E-state index is 12.8. The second kappa shape index (κ2) is 10.3. The summed E-state index contributed by atoms with van der Waals surface area (Å²) < 4.78 is 11.3. The fourth-order valence-corrected chi connectivity index (χ4v) is 5.59. The molecule has 0 aliphatic carbocycles. The van der Waals surface area contributed by atoms with E-state index in [2.05, 4.69) is 10.6 Å². The Hall–Kier alpha value is -3.38. The van der Waals surface area contributed by atoms with Gasteiger partial charge in [0.25, 0.3) is 5.03 Å². The lowest BCUT2D eigenvalue weighted by Gasteiger charge is -2.25. The first-order valence-electron chi connectivity index (χ1n) is 10.5. The van der Waals surface area contributed by atoms with Gasteiger partial charge in [-0.05, 0) is 35.4 Å². The first-order valence-corrected chi connectivity index (χ1v) is 12.3. The van der Waals surface area contributed by atoms with E-state index >= 15 is 0 Å². The number of carbonyl (C=O) groups is 3. The zero-order chi connectivity index (χ0) is 24.2. The topological polar surface area (TPSA) is 129 Å². The van der Waals surface area contributed by atoms with Crippen LogP contribution in [0.3, 0.4) is 0 Å². The quantitative estimate of drug-likeness (QED) is 0.295. The Labute approximate surface area is 203 Å². The molecule has 3 aromatic rings. The minimum Gasteiger partial charge on any atom is -0.538 e. The first-order chi connectivity index (χ1) is 16.4. The average Bonchev–Trinajstić information content (AvgIpc) is 3.37. The molecule has 178 valence electrons. The number of benzene rings is 1. The Morgan fingerprint density at radius 1 is 1.32 bits per heavy atom. The van der Waals surface area contributed by atoms with E-state index in [0.717, 1.165) is 22.2 Å². The third kappa shape index (κ3) is 4.92. The summed E-state index contributed by atoms with van der Waals surface area (Å²) in [5.74, 6) is -1.72. The number of hydrogen-bond donors (Lipinski definition) is 1. The molecule has 34 heavy (non-hydrogen) atoms. The highest BCUT2D eigenvalue weighted by Crippen LogP contribution is 2.38. The SMILES string of the molecule is CCOC(=O)c1c(NC(=O)CSc2c([O-])on[n+]2-c2ccccc2)sc2c1CCN(C(C)=O)C2. The molecule has 10 nitrogen and oxygen atoms in total. The van der Waals surface area contributed by atoms with Gasteiger partial charge in [-0.15, -0.1) is 11.3 Å². The maximum Gasteiger partial charge on any atom is 0.341 e. The highest BCUT2D eigenvalue weighted by Gasteiger charge is 2.30. The Morgan fingerprint density at radius 3 is 2.79 bits per heavy atom. The molecule has 2 aromatic heterocycles. The molecule has 4 rings (SSSR count). The molecule has 1 N–H and O–H groups in total. The predicted octanol–water partition coefficient (Wildman–Crippen LogP) is 1.90. The second-order valence-electron chi connectivity index (χ2n) is 7.37. The van der Waals surface area contributed by atoms with Crippen molar-refractivity contribution in [3.63, 3.8) is 0 Å². The molecule has 2 amide bonds. The summed E-state index contributed by atoms with van der Waals surface area (Å²) in [7, 11) is 0. The van der Waals surface area contributed by atoms with Crippen molar-refractivity contribution in [1.82, 2.24) is 10.2 Å². The fourth-order valence-electron chi connectivity index (χ4n) is 3.57. The van der Waals surface area contributed by atoms with Crippen molar-refractivity contribution < 1.29 is 33.4 Å². The van der Waals surface area contributed by atoms with Crippen molar-refractivity contribution in [3.8, 4) is 11.6 Å². The molecule has 0 bridgehead atoms. The predicted molar refractivity (Wildman–Crippen MR) is 122 cm³/mol. The molecule has 0 saturated heterocycles. The molecule has 1 aliphatic rings. The average molecular weight is 503 g/mol. The second-order valence-corrected chi connectivity index (χ2v) is 9.44. The van der Waals surface area contributed by atoms with E-state index in [1.807, 2.05) is 6.07 Å². The van der Waals surface area contributed by atoms with Gasteiger partial charge in [0, 0.05) is 30.5 Å². The van der Waals surface area contributed by atoms with Crippen LogP contribution >= 0.6 is 23.1 Å². The zero-order valence-electron chi connectivity index (χ0n) is 18.5. The third-order valence-corrected chi connectivity index (χ3v) is 7.30. The molecular formula is C22H22N4O6S2. The van der Waals surface area contributed by atoms with Crippen LogP contribution < -0.4 is 15.1 Å². The van der Waals surface area contributed by atoms with Crippen LogP contribution in [0.2, 0.25) is 0 Å². The van der Waals surface area contributed by atoms with Gasteiger partial charge in [0.1, 0.15) is 5.00 Å². The number of anilines is 1. The van der Waals surface area contributed by atoms with Crippen LogP contribution in [0.25, 0.3) is 5.69 Å². The van der Waals surface area contributed by atoms with Gasteiger partial charge >= 0.3 is 5.97 Å². The number of thioether (sulfide) groups is 1. The largest absolute Gasteiger partial charge is 0.538 e. The molecule has 3 heterocycles. The molecule has 0 fully saturated rings. The van der Waals surface area contributed by atoms with Gasteiger partial charge in [-0.1, -0.05) is 18.2 Å². The number of amides is 2. The Morgan fingerprint density at radius 2 is 2.09 bits per heavy atom. The van der Waals surface area contributed by atoms with Crippen molar-refractivity contribution in [2.24, 2.45) is 0 Å². The number of esters is 1. The lowest BCUT2D eigenvalue weighted by Crippen LogP contribution is -2.35. The highest BCUT2D eigenvalue weighted by molar-refractivity contribution is 7.99. The monoisotopic (exact) mass is 502 g/mol. The summed E-state index contributed by atoms with van der Waals surface area (Å²) >= 11 is 2.24. The standard InChI is InChI=1S/C22H22N4O6S2/c1-3-31-21(29)18-15-9-10-25(13(2)27)11-16(15)34-19(18)23-17(28)12-33-20-22(30)32-24-26(20)14-7-5-4-6-8-14/h4-8H,3,9-12H2,1-2H3,(H-,23,24,28,29,30). The normalized spacial score (nSPS) is 12.8. The van der Waals surface area contributed by atoms with Gasteiger partial charge in [0.2, 0.25) is 17.5 Å². The Kier molecular flexibility index (Phi) is 7.17. The van der Waals surface area contributed by atoms with Crippen LogP contribution in [-0.4, -0.2) is 46.9 Å². The van der Waals surface area contributed by atoms with Crippen LogP contribution in [0.5, 0.6) is 5.95 Å². The Balaban J connectivity index is 1.52. The fraction of sp³-hybridized carbons (Fsp3) is 0.318. The summed E-state index contributed by atoms with van der Waals surface area (Å²) in [6.45, 7) is 4.29. The molecule has 12 heteroatoms. The van der Waals surface area contributed by atoms with Gasteiger partial charge in [-0.25, -0.2) is 4.79 Å². The van der Waals surface area contributed by atoms with Crippen molar-refractivity contribution in [2.45, 2.75) is 31.8 Å². The number of thiophene rings is 1. The molecule has 0 atom stereocenters. The molecule has 1 aromatic carbocycles. The summed E-state index contributed by atoms with van der Waals surface area (Å²) in [6, 6.07) is 8.95. The van der Waals surface area contributed by atoms with Crippen LogP contribution in [0, 0.1) is 0 Å². The molecule has 1 aliphatic heterocycles. The van der Waals surface area contributed by atoms with Gasteiger partial charge < -0.3 is 24.6 Å². The van der Waals surface area contributed by atoms with E-state index in [-0.39, 0.29) is 23.3 Å². The maximum absolute atomic E-state index is 12.8. The van der Waals surface area contributed by atoms with Crippen LogP contribution in [-0.2, 0) is 27.3 Å². The number of rotatable bonds is 7. The first kappa shape index (κ1) is 23.8. The van der Waals surface area contributed by atoms with Crippen LogP contribution in [0.1, 0.15) is 34.6 Å². The van der Waals surface area contributed by atoms with E-state index in [9.17, 15) is 19.5 Å². The smallest absolute Gasteiger partial charge is 0.341 e.